The maximum absolute atomic E-state index is 4.42. The van der Waals surface area contributed by atoms with Crippen LogP contribution >= 0.6 is 0 Å². The van der Waals surface area contributed by atoms with Crippen LogP contribution in [0.25, 0.3) is 22.0 Å². The molecular weight excluding hydrogens is 232 g/mol. The molecule has 92 valence electrons. The van der Waals surface area contributed by atoms with Gasteiger partial charge in [0.15, 0.2) is 0 Å². The first-order valence-corrected chi connectivity index (χ1v) is 6.62. The second kappa shape index (κ2) is 4.09. The first-order chi connectivity index (χ1) is 9.40. The molecule has 0 aliphatic carbocycles. The van der Waals surface area contributed by atoms with Crippen LogP contribution in [0.3, 0.4) is 0 Å². The minimum atomic E-state index is 1.05. The largest absolute Gasteiger partial charge is 0.384 e. The van der Waals surface area contributed by atoms with E-state index in [9.17, 15) is 0 Å². The minimum absolute atomic E-state index is 1.05. The molecule has 0 amide bonds. The van der Waals surface area contributed by atoms with Crippen molar-refractivity contribution in [1.82, 2.24) is 4.98 Å². The number of aromatic nitrogens is 1. The molecule has 4 rings (SSSR count). The maximum atomic E-state index is 4.42. The smallest absolute Gasteiger partial charge is 0.0708 e. The van der Waals surface area contributed by atoms with Gasteiger partial charge in [0.25, 0.3) is 0 Å². The third-order valence-electron chi connectivity index (χ3n) is 3.76. The van der Waals surface area contributed by atoms with Crippen molar-refractivity contribution in [3.63, 3.8) is 0 Å². The number of pyridine rings is 1. The van der Waals surface area contributed by atoms with Gasteiger partial charge >= 0.3 is 0 Å². The average Bonchev–Trinajstić information content (AvgIpc) is 2.94. The van der Waals surface area contributed by atoms with Crippen LogP contribution in [-0.2, 0) is 6.42 Å². The lowest BCUT2D eigenvalue weighted by Gasteiger charge is -2.06. The van der Waals surface area contributed by atoms with Crippen molar-refractivity contribution < 1.29 is 0 Å². The molecule has 3 aromatic rings. The Morgan fingerprint density at radius 3 is 2.84 bits per heavy atom. The Hall–Kier alpha value is -2.35. The SMILES string of the molecule is c1cnc2cc(-c3ccc4c(c3)NCC4)ccc2c1. The maximum Gasteiger partial charge on any atom is 0.0708 e. The van der Waals surface area contributed by atoms with Crippen molar-refractivity contribution >= 4 is 16.6 Å². The number of fused-ring (bicyclic) bond motifs is 2. The van der Waals surface area contributed by atoms with E-state index in [0.717, 1.165) is 18.5 Å². The Balaban J connectivity index is 1.85. The van der Waals surface area contributed by atoms with Gasteiger partial charge in [0.1, 0.15) is 0 Å². The molecule has 1 N–H and O–H groups in total. The van der Waals surface area contributed by atoms with Crippen LogP contribution in [0.5, 0.6) is 0 Å². The van der Waals surface area contributed by atoms with Gasteiger partial charge in [-0.05, 0) is 41.3 Å². The Kier molecular flexibility index (Phi) is 2.27. The highest BCUT2D eigenvalue weighted by Gasteiger charge is 2.10. The van der Waals surface area contributed by atoms with Crippen molar-refractivity contribution in [2.45, 2.75) is 6.42 Å². The van der Waals surface area contributed by atoms with Gasteiger partial charge in [0.05, 0.1) is 5.52 Å². The summed E-state index contributed by atoms with van der Waals surface area (Å²) in [6, 6.07) is 17.2. The lowest BCUT2D eigenvalue weighted by molar-refractivity contribution is 1.11. The summed E-state index contributed by atoms with van der Waals surface area (Å²) in [5.41, 5.74) is 6.22. The normalized spacial score (nSPS) is 13.3. The van der Waals surface area contributed by atoms with E-state index in [-0.39, 0.29) is 0 Å². The van der Waals surface area contributed by atoms with Crippen LogP contribution in [0.1, 0.15) is 5.56 Å². The zero-order chi connectivity index (χ0) is 12.7. The fourth-order valence-electron chi connectivity index (χ4n) is 2.72. The van der Waals surface area contributed by atoms with Crippen molar-refractivity contribution in [3.05, 3.63) is 60.3 Å². The second-order valence-electron chi connectivity index (χ2n) is 4.96. The number of hydrogen-bond donors (Lipinski definition) is 1. The third kappa shape index (κ3) is 1.76. The molecule has 2 aromatic carbocycles. The molecule has 0 radical (unpaired) electrons. The van der Waals surface area contributed by atoms with Crippen molar-refractivity contribution in [3.8, 4) is 11.1 Å². The van der Waals surface area contributed by atoms with Gasteiger partial charge < -0.3 is 5.32 Å². The van der Waals surface area contributed by atoms with Crippen molar-refractivity contribution in [1.29, 1.82) is 0 Å². The summed E-state index contributed by atoms with van der Waals surface area (Å²) >= 11 is 0. The monoisotopic (exact) mass is 246 g/mol. The molecule has 0 saturated heterocycles. The molecule has 1 aromatic heterocycles. The van der Waals surface area contributed by atoms with Gasteiger partial charge in [-0.3, -0.25) is 4.98 Å². The van der Waals surface area contributed by atoms with Crippen molar-refractivity contribution in [2.75, 3.05) is 11.9 Å². The van der Waals surface area contributed by atoms with Gasteiger partial charge in [0.2, 0.25) is 0 Å². The van der Waals surface area contributed by atoms with E-state index in [1.165, 1.54) is 27.8 Å². The zero-order valence-corrected chi connectivity index (χ0v) is 10.6. The molecule has 2 heterocycles. The summed E-state index contributed by atoms with van der Waals surface area (Å²) in [6.45, 7) is 1.05. The van der Waals surface area contributed by atoms with Gasteiger partial charge in [-0.15, -0.1) is 0 Å². The Labute approximate surface area is 112 Å². The Morgan fingerprint density at radius 1 is 0.947 bits per heavy atom. The average molecular weight is 246 g/mol. The topological polar surface area (TPSA) is 24.9 Å². The first kappa shape index (κ1) is 10.6. The van der Waals surface area contributed by atoms with E-state index in [1.54, 1.807) is 0 Å². The number of anilines is 1. The molecule has 0 atom stereocenters. The molecule has 1 aliphatic rings. The predicted molar refractivity (Wildman–Crippen MR) is 79.4 cm³/mol. The van der Waals surface area contributed by atoms with E-state index in [4.69, 9.17) is 0 Å². The molecule has 19 heavy (non-hydrogen) atoms. The molecule has 1 aliphatic heterocycles. The highest BCUT2D eigenvalue weighted by Crippen LogP contribution is 2.30. The van der Waals surface area contributed by atoms with E-state index >= 15 is 0 Å². The highest BCUT2D eigenvalue weighted by atomic mass is 14.9. The molecule has 0 fully saturated rings. The highest BCUT2D eigenvalue weighted by molar-refractivity contribution is 5.84. The van der Waals surface area contributed by atoms with Gasteiger partial charge in [-0.25, -0.2) is 0 Å². The Morgan fingerprint density at radius 2 is 1.84 bits per heavy atom. The number of benzene rings is 2. The van der Waals surface area contributed by atoms with Crippen LogP contribution in [0.4, 0.5) is 5.69 Å². The van der Waals surface area contributed by atoms with E-state index in [2.05, 4.69) is 52.8 Å². The summed E-state index contributed by atoms with van der Waals surface area (Å²) in [4.78, 5) is 4.42. The molecule has 0 saturated carbocycles. The lowest BCUT2D eigenvalue weighted by atomic mass is 10.0. The summed E-state index contributed by atoms with van der Waals surface area (Å²) in [5.74, 6) is 0. The number of hydrogen-bond acceptors (Lipinski definition) is 2. The molecule has 2 nitrogen and oxygen atoms in total. The minimum Gasteiger partial charge on any atom is -0.384 e. The van der Waals surface area contributed by atoms with Crippen LogP contribution in [0, 0.1) is 0 Å². The number of nitrogens with zero attached hydrogens (tertiary/aromatic N) is 1. The van der Waals surface area contributed by atoms with Gasteiger partial charge in [-0.2, -0.15) is 0 Å². The summed E-state index contributed by atoms with van der Waals surface area (Å²) in [5, 5.41) is 4.62. The predicted octanol–water partition coefficient (Wildman–Crippen LogP) is 3.87. The van der Waals surface area contributed by atoms with E-state index < -0.39 is 0 Å². The van der Waals surface area contributed by atoms with E-state index in [1.807, 2.05) is 12.3 Å². The summed E-state index contributed by atoms with van der Waals surface area (Å²) in [7, 11) is 0. The Bertz CT molecular complexity index is 762. The van der Waals surface area contributed by atoms with E-state index in [0.29, 0.717) is 0 Å². The first-order valence-electron chi connectivity index (χ1n) is 6.62. The molecule has 0 unspecified atom stereocenters. The van der Waals surface area contributed by atoms with Crippen LogP contribution in [0.2, 0.25) is 0 Å². The molecule has 0 bridgehead atoms. The summed E-state index contributed by atoms with van der Waals surface area (Å²) < 4.78 is 0. The third-order valence-corrected chi connectivity index (χ3v) is 3.76. The lowest BCUT2D eigenvalue weighted by Crippen LogP contribution is -1.91. The molecule has 0 spiro atoms. The number of nitrogens with one attached hydrogen (secondary N) is 1. The second-order valence-corrected chi connectivity index (χ2v) is 4.96. The standard InChI is InChI=1S/C17H14N2/c1-2-12-3-5-14(10-16(12)18-8-1)15-6-4-13-7-9-19-17(13)11-15/h1-6,8,10-11,19H,7,9H2. The van der Waals surface area contributed by atoms with Gasteiger partial charge in [0, 0.05) is 23.8 Å². The van der Waals surface area contributed by atoms with Crippen LogP contribution in [-0.4, -0.2) is 11.5 Å². The van der Waals surface area contributed by atoms with Crippen LogP contribution < -0.4 is 5.32 Å². The molecular formula is C17H14N2. The van der Waals surface area contributed by atoms with Gasteiger partial charge in [-0.1, -0.05) is 30.3 Å². The number of rotatable bonds is 1. The molecule has 2 heteroatoms. The fraction of sp³-hybridized carbons (Fsp3) is 0.118. The summed E-state index contributed by atoms with van der Waals surface area (Å²) in [6.07, 6.45) is 2.98. The van der Waals surface area contributed by atoms with Crippen molar-refractivity contribution in [2.24, 2.45) is 0 Å². The fourth-order valence-corrected chi connectivity index (χ4v) is 2.72. The zero-order valence-electron chi connectivity index (χ0n) is 10.6. The quantitative estimate of drug-likeness (QED) is 0.705. The van der Waals surface area contributed by atoms with Crippen LogP contribution in [0.15, 0.2) is 54.7 Å².